The van der Waals surface area contributed by atoms with Gasteiger partial charge in [-0.05, 0) is 18.8 Å². The van der Waals surface area contributed by atoms with Crippen molar-refractivity contribution >= 4 is 9.84 Å². The minimum absolute atomic E-state index is 0.192. The lowest BCUT2D eigenvalue weighted by atomic mass is 10.1. The Labute approximate surface area is 153 Å². The molecule has 0 amide bonds. The molecular weight excluding hydrogens is 354 g/mol. The highest BCUT2D eigenvalue weighted by atomic mass is 32.2. The Hall–Kier alpha value is -1.71. The molecule has 1 fully saturated rings. The molecule has 2 aliphatic rings. The van der Waals surface area contributed by atoms with E-state index < -0.39 is 9.84 Å². The maximum atomic E-state index is 12.8. The summed E-state index contributed by atoms with van der Waals surface area (Å²) in [5.41, 5.74) is 3.32. The number of rotatable bonds is 8. The lowest BCUT2D eigenvalue weighted by Gasteiger charge is -2.26. The van der Waals surface area contributed by atoms with Gasteiger partial charge in [0.15, 0.2) is 0 Å². The molecule has 8 nitrogen and oxygen atoms in total. The quantitative estimate of drug-likeness (QED) is 0.735. The summed E-state index contributed by atoms with van der Waals surface area (Å²) in [4.78, 5) is 6.60. The molecule has 9 heteroatoms. The van der Waals surface area contributed by atoms with Crippen molar-refractivity contribution < 1.29 is 13.2 Å². The van der Waals surface area contributed by atoms with Crippen LogP contribution in [0.3, 0.4) is 0 Å². The second-order valence-electron chi connectivity index (χ2n) is 7.24. The maximum Gasteiger partial charge on any atom is 0.227 e. The number of imidazole rings is 1. The van der Waals surface area contributed by atoms with E-state index in [1.54, 1.807) is 13.3 Å². The summed E-state index contributed by atoms with van der Waals surface area (Å²) in [6.07, 6.45) is 6.52. The van der Waals surface area contributed by atoms with Gasteiger partial charge in [-0.1, -0.05) is 0 Å². The van der Waals surface area contributed by atoms with E-state index in [4.69, 9.17) is 4.74 Å². The minimum atomic E-state index is -3.36. The van der Waals surface area contributed by atoms with Crippen LogP contribution in [0.15, 0.2) is 17.6 Å². The van der Waals surface area contributed by atoms with Gasteiger partial charge in [0, 0.05) is 51.0 Å². The molecule has 1 saturated carbocycles. The van der Waals surface area contributed by atoms with E-state index in [0.29, 0.717) is 25.6 Å². The van der Waals surface area contributed by atoms with Gasteiger partial charge >= 0.3 is 0 Å². The zero-order chi connectivity index (χ0) is 18.1. The normalized spacial score (nSPS) is 18.2. The van der Waals surface area contributed by atoms with Gasteiger partial charge < -0.3 is 9.30 Å². The number of hydrogen-bond donors (Lipinski definition) is 1. The number of ether oxygens (including phenoxy) is 1. The molecule has 1 N–H and O–H groups in total. The predicted octanol–water partition coefficient (Wildman–Crippen LogP) is 0.995. The van der Waals surface area contributed by atoms with Gasteiger partial charge in [-0.2, -0.15) is 5.10 Å². The number of aromatic amines is 1. The van der Waals surface area contributed by atoms with Crippen molar-refractivity contribution in [1.82, 2.24) is 24.6 Å². The number of aromatic nitrogens is 4. The van der Waals surface area contributed by atoms with Gasteiger partial charge in [0.25, 0.3) is 0 Å². The zero-order valence-electron chi connectivity index (χ0n) is 15.0. The average molecular weight is 379 g/mol. The van der Waals surface area contributed by atoms with Gasteiger partial charge in [-0.3, -0.25) is 10.00 Å². The highest BCUT2D eigenvalue weighted by Gasteiger charge is 2.32. The number of nitrogens with zero attached hydrogens (tertiary/aromatic N) is 4. The molecule has 0 unspecified atom stereocenters. The van der Waals surface area contributed by atoms with Crippen LogP contribution in [0.4, 0.5) is 0 Å². The highest BCUT2D eigenvalue weighted by molar-refractivity contribution is 7.91. The van der Waals surface area contributed by atoms with Crippen molar-refractivity contribution in [3.63, 3.8) is 0 Å². The highest BCUT2D eigenvalue weighted by Crippen LogP contribution is 2.32. The number of H-pyrrole nitrogens is 1. The molecule has 1 aliphatic carbocycles. The van der Waals surface area contributed by atoms with Gasteiger partial charge in [0.2, 0.25) is 15.0 Å². The Morgan fingerprint density at radius 3 is 2.96 bits per heavy atom. The molecule has 3 heterocycles. The first-order chi connectivity index (χ1) is 12.6. The summed E-state index contributed by atoms with van der Waals surface area (Å²) in [5, 5.41) is 7.34. The molecule has 4 rings (SSSR count). The lowest BCUT2D eigenvalue weighted by molar-refractivity contribution is 0.180. The number of methoxy groups -OCH3 is 1. The fourth-order valence-electron chi connectivity index (χ4n) is 3.50. The molecule has 2 aromatic heterocycles. The van der Waals surface area contributed by atoms with Crippen LogP contribution in [0.5, 0.6) is 0 Å². The number of nitrogens with one attached hydrogen (secondary N) is 1. The molecule has 0 saturated heterocycles. The summed E-state index contributed by atoms with van der Waals surface area (Å²) < 4.78 is 32.5. The summed E-state index contributed by atoms with van der Waals surface area (Å²) in [5.74, 6) is 0.510. The standard InChI is InChI=1S/C17H25N5O3S/c1-25-7-6-22-15(9-18-17(22)26(23,24)12-13-2-3-13)11-21-5-4-16-14(10-21)8-19-20-16/h8-9,13H,2-7,10-12H2,1H3,(H,19,20). The first-order valence-electron chi connectivity index (χ1n) is 9.06. The van der Waals surface area contributed by atoms with Crippen molar-refractivity contribution in [2.75, 3.05) is 26.0 Å². The topological polar surface area (TPSA) is 93.1 Å². The van der Waals surface area contributed by atoms with Crippen molar-refractivity contribution in [2.45, 2.75) is 44.1 Å². The summed E-state index contributed by atoms with van der Waals surface area (Å²) >= 11 is 0. The first kappa shape index (κ1) is 17.7. The Morgan fingerprint density at radius 2 is 2.19 bits per heavy atom. The van der Waals surface area contributed by atoms with Crippen molar-refractivity contribution in [1.29, 1.82) is 0 Å². The third-order valence-electron chi connectivity index (χ3n) is 5.12. The van der Waals surface area contributed by atoms with E-state index >= 15 is 0 Å². The van der Waals surface area contributed by atoms with Crippen LogP contribution in [-0.2, 0) is 40.6 Å². The molecule has 0 aromatic carbocycles. The van der Waals surface area contributed by atoms with Gasteiger partial charge in [-0.15, -0.1) is 0 Å². The van der Waals surface area contributed by atoms with Crippen LogP contribution in [-0.4, -0.2) is 59.1 Å². The third kappa shape index (κ3) is 3.70. The Kier molecular flexibility index (Phi) is 4.85. The molecular formula is C17H25N5O3S. The molecule has 0 spiro atoms. The summed E-state index contributed by atoms with van der Waals surface area (Å²) in [6, 6.07) is 0. The lowest BCUT2D eigenvalue weighted by Crippen LogP contribution is -2.31. The summed E-state index contributed by atoms with van der Waals surface area (Å²) in [7, 11) is -1.73. The Balaban J connectivity index is 1.55. The number of sulfone groups is 1. The van der Waals surface area contributed by atoms with Crippen LogP contribution >= 0.6 is 0 Å². The molecule has 1 aliphatic heterocycles. The fraction of sp³-hybridized carbons (Fsp3) is 0.647. The largest absolute Gasteiger partial charge is 0.383 e. The number of fused-ring (bicyclic) bond motifs is 1. The summed E-state index contributed by atoms with van der Waals surface area (Å²) in [6.45, 7) is 3.34. The van der Waals surface area contributed by atoms with Gasteiger partial charge in [0.05, 0.1) is 30.4 Å². The van der Waals surface area contributed by atoms with Crippen molar-refractivity contribution in [2.24, 2.45) is 5.92 Å². The van der Waals surface area contributed by atoms with E-state index in [0.717, 1.165) is 38.0 Å². The van der Waals surface area contributed by atoms with Crippen LogP contribution < -0.4 is 0 Å². The fourth-order valence-corrected chi connectivity index (χ4v) is 5.36. The van der Waals surface area contributed by atoms with Gasteiger partial charge in [-0.25, -0.2) is 13.4 Å². The minimum Gasteiger partial charge on any atom is -0.383 e. The molecule has 0 bridgehead atoms. The molecule has 26 heavy (non-hydrogen) atoms. The predicted molar refractivity (Wildman–Crippen MR) is 95.3 cm³/mol. The smallest absolute Gasteiger partial charge is 0.227 e. The van der Waals surface area contributed by atoms with Gasteiger partial charge in [0.1, 0.15) is 0 Å². The molecule has 142 valence electrons. The third-order valence-corrected chi connectivity index (χ3v) is 6.91. The Morgan fingerprint density at radius 1 is 1.35 bits per heavy atom. The monoisotopic (exact) mass is 379 g/mol. The Bertz CT molecular complexity index is 869. The van der Waals surface area contributed by atoms with E-state index in [-0.39, 0.29) is 10.9 Å². The molecule has 0 atom stereocenters. The van der Waals surface area contributed by atoms with E-state index in [2.05, 4.69) is 20.1 Å². The molecule has 0 radical (unpaired) electrons. The van der Waals surface area contributed by atoms with Crippen LogP contribution in [0.1, 0.15) is 29.8 Å². The van der Waals surface area contributed by atoms with Crippen molar-refractivity contribution in [3.8, 4) is 0 Å². The maximum absolute atomic E-state index is 12.8. The van der Waals surface area contributed by atoms with E-state index in [1.165, 1.54) is 11.3 Å². The second-order valence-corrected chi connectivity index (χ2v) is 9.16. The zero-order valence-corrected chi connectivity index (χ0v) is 15.8. The first-order valence-corrected chi connectivity index (χ1v) is 10.7. The van der Waals surface area contributed by atoms with E-state index in [1.807, 2.05) is 10.8 Å². The van der Waals surface area contributed by atoms with Crippen LogP contribution in [0, 0.1) is 5.92 Å². The number of hydrogen-bond acceptors (Lipinski definition) is 6. The second kappa shape index (κ2) is 7.13. The van der Waals surface area contributed by atoms with Crippen molar-refractivity contribution in [3.05, 3.63) is 29.3 Å². The van der Waals surface area contributed by atoms with Crippen LogP contribution in [0.25, 0.3) is 0 Å². The van der Waals surface area contributed by atoms with E-state index in [9.17, 15) is 8.42 Å². The SMILES string of the molecule is COCCn1c(CN2CCc3[nH]ncc3C2)cnc1S(=O)(=O)CC1CC1. The van der Waals surface area contributed by atoms with Crippen LogP contribution in [0.2, 0.25) is 0 Å². The molecule has 2 aromatic rings. The average Bonchev–Trinajstić information content (AvgIpc) is 3.13.